The van der Waals surface area contributed by atoms with E-state index in [9.17, 15) is 22.8 Å². The lowest BCUT2D eigenvalue weighted by molar-refractivity contribution is -0.137. The predicted octanol–water partition coefficient (Wildman–Crippen LogP) is 3.14. The Morgan fingerprint density at radius 1 is 1.13 bits per heavy atom. The molecule has 4 amide bonds. The number of halogens is 3. The number of nitrogens with zero attached hydrogens (tertiary/aromatic N) is 4. The Hall–Kier alpha value is -3.37. The van der Waals surface area contributed by atoms with Crippen molar-refractivity contribution in [2.45, 2.75) is 24.9 Å². The number of amides is 4. The Morgan fingerprint density at radius 2 is 1.90 bits per heavy atom. The number of benzene rings is 1. The summed E-state index contributed by atoms with van der Waals surface area (Å²) < 4.78 is 40.2. The van der Waals surface area contributed by atoms with Gasteiger partial charge in [0.25, 0.3) is 0 Å². The Morgan fingerprint density at radius 3 is 2.55 bits per heavy atom. The topological polar surface area (TPSA) is 90.5 Å². The molecule has 0 aliphatic carbocycles. The van der Waals surface area contributed by atoms with Crippen molar-refractivity contribution in [3.63, 3.8) is 0 Å². The van der Waals surface area contributed by atoms with Gasteiger partial charge in [-0.05, 0) is 37.1 Å². The summed E-state index contributed by atoms with van der Waals surface area (Å²) in [5.74, 6) is 0.239. The molecule has 2 aliphatic rings. The van der Waals surface area contributed by atoms with Crippen molar-refractivity contribution in [2.24, 2.45) is 0 Å². The first kappa shape index (κ1) is 20.9. The lowest BCUT2D eigenvalue weighted by Gasteiger charge is -2.26. The summed E-state index contributed by atoms with van der Waals surface area (Å²) in [7, 11) is 1.50. The number of carbonyl (C=O) groups is 2. The minimum absolute atomic E-state index is 0.155. The molecule has 1 aromatic carbocycles. The smallest absolute Gasteiger partial charge is 0.341 e. The highest BCUT2D eigenvalue weighted by Crippen LogP contribution is 2.48. The summed E-state index contributed by atoms with van der Waals surface area (Å²) >= 11 is 0. The van der Waals surface area contributed by atoms with Gasteiger partial charge in [-0.2, -0.15) is 13.2 Å². The van der Waals surface area contributed by atoms with E-state index in [0.29, 0.717) is 29.9 Å². The van der Waals surface area contributed by atoms with Gasteiger partial charge in [-0.15, -0.1) is 0 Å². The number of rotatable bonds is 1. The van der Waals surface area contributed by atoms with Gasteiger partial charge in [-0.1, -0.05) is 0 Å². The zero-order chi connectivity index (χ0) is 22.4. The lowest BCUT2D eigenvalue weighted by atomic mass is 9.81. The van der Waals surface area contributed by atoms with Crippen molar-refractivity contribution >= 4 is 23.6 Å². The van der Waals surface area contributed by atoms with Crippen molar-refractivity contribution in [3.05, 3.63) is 47.4 Å². The molecule has 2 N–H and O–H groups in total. The van der Waals surface area contributed by atoms with Crippen LogP contribution in [0.25, 0.3) is 0 Å². The molecule has 1 saturated heterocycles. The minimum atomic E-state index is -4.51. The van der Waals surface area contributed by atoms with Gasteiger partial charge in [0.1, 0.15) is 0 Å². The van der Waals surface area contributed by atoms with E-state index in [-0.39, 0.29) is 24.9 Å². The Bertz CT molecular complexity index is 1030. The quantitative estimate of drug-likeness (QED) is 0.722. The number of urea groups is 2. The van der Waals surface area contributed by atoms with Crippen molar-refractivity contribution < 1.29 is 22.8 Å². The number of fused-ring (bicyclic) bond motifs is 2. The van der Waals surface area contributed by atoms with Crippen molar-refractivity contribution in [1.82, 2.24) is 20.2 Å². The van der Waals surface area contributed by atoms with Crippen LogP contribution in [0.3, 0.4) is 0 Å². The summed E-state index contributed by atoms with van der Waals surface area (Å²) in [6.45, 7) is 2.52. The summed E-state index contributed by atoms with van der Waals surface area (Å²) in [5, 5.41) is 5.19. The number of alkyl halides is 3. The first-order valence-electron chi connectivity index (χ1n) is 9.68. The number of aromatic nitrogens is 2. The molecule has 1 spiro atoms. The van der Waals surface area contributed by atoms with E-state index in [1.54, 1.807) is 11.8 Å². The van der Waals surface area contributed by atoms with Gasteiger partial charge in [0.05, 0.1) is 23.7 Å². The van der Waals surface area contributed by atoms with Gasteiger partial charge in [-0.3, -0.25) is 15.2 Å². The molecular formula is C20H21F3N6O2. The average Bonchev–Trinajstić information content (AvgIpc) is 3.31. The fourth-order valence-corrected chi connectivity index (χ4v) is 4.21. The van der Waals surface area contributed by atoms with E-state index < -0.39 is 23.2 Å². The van der Waals surface area contributed by atoms with E-state index >= 15 is 0 Å². The maximum absolute atomic E-state index is 13.4. The molecule has 1 aromatic heterocycles. The number of carbonyl (C=O) groups excluding carboxylic acids is 2. The van der Waals surface area contributed by atoms with Gasteiger partial charge in [-0.25, -0.2) is 14.6 Å². The zero-order valence-corrected chi connectivity index (χ0v) is 17.0. The van der Waals surface area contributed by atoms with Crippen LogP contribution < -0.4 is 15.5 Å². The lowest BCUT2D eigenvalue weighted by Crippen LogP contribution is -2.43. The number of hydrogen-bond acceptors (Lipinski definition) is 4. The third-order valence-corrected chi connectivity index (χ3v) is 5.76. The molecule has 0 unspecified atom stereocenters. The number of nitrogens with one attached hydrogen (secondary N) is 2. The van der Waals surface area contributed by atoms with Crippen LogP contribution in [0.5, 0.6) is 0 Å². The molecule has 2 aliphatic heterocycles. The van der Waals surface area contributed by atoms with Gasteiger partial charge in [0.15, 0.2) is 5.82 Å². The maximum Gasteiger partial charge on any atom is 0.416 e. The van der Waals surface area contributed by atoms with Crippen molar-refractivity contribution in [1.29, 1.82) is 0 Å². The average molecular weight is 434 g/mol. The van der Waals surface area contributed by atoms with E-state index in [4.69, 9.17) is 0 Å². The van der Waals surface area contributed by atoms with Gasteiger partial charge in [0, 0.05) is 37.8 Å². The molecule has 31 heavy (non-hydrogen) atoms. The van der Waals surface area contributed by atoms with Crippen LogP contribution in [-0.4, -0.2) is 53.6 Å². The fraction of sp³-hybridized carbons (Fsp3) is 0.400. The third kappa shape index (κ3) is 3.75. The molecule has 0 saturated carbocycles. The number of hydrogen-bond donors (Lipinski definition) is 2. The predicted molar refractivity (Wildman–Crippen MR) is 107 cm³/mol. The SMILES string of the molecule is CNC(=O)N1CC[C@@]2(C1)CN(C(=O)Nc1cnc(C)cn1)c1ccc(C(F)(F)F)cc12. The van der Waals surface area contributed by atoms with Crippen LogP contribution in [-0.2, 0) is 11.6 Å². The van der Waals surface area contributed by atoms with E-state index in [1.165, 1.54) is 30.4 Å². The Labute approximate surface area is 176 Å². The first-order chi connectivity index (χ1) is 14.6. The number of aryl methyl sites for hydroxylation is 1. The van der Waals surface area contributed by atoms with Crippen LogP contribution >= 0.6 is 0 Å². The minimum Gasteiger partial charge on any atom is -0.341 e. The van der Waals surface area contributed by atoms with E-state index in [0.717, 1.165) is 12.1 Å². The monoisotopic (exact) mass is 434 g/mol. The van der Waals surface area contributed by atoms with Crippen LogP contribution in [0.15, 0.2) is 30.6 Å². The molecule has 1 fully saturated rings. The summed E-state index contributed by atoms with van der Waals surface area (Å²) in [6.07, 6.45) is -1.15. The molecule has 0 radical (unpaired) electrons. The van der Waals surface area contributed by atoms with Crippen LogP contribution in [0, 0.1) is 6.92 Å². The van der Waals surface area contributed by atoms with E-state index in [2.05, 4.69) is 20.6 Å². The zero-order valence-electron chi connectivity index (χ0n) is 17.0. The van der Waals surface area contributed by atoms with Crippen molar-refractivity contribution in [3.8, 4) is 0 Å². The molecule has 164 valence electrons. The normalized spacial score (nSPS) is 20.2. The fourth-order valence-electron chi connectivity index (χ4n) is 4.21. The highest BCUT2D eigenvalue weighted by Gasteiger charge is 2.50. The van der Waals surface area contributed by atoms with Gasteiger partial charge in [0.2, 0.25) is 0 Å². The molecule has 3 heterocycles. The van der Waals surface area contributed by atoms with Crippen molar-refractivity contribution in [2.75, 3.05) is 36.9 Å². The second kappa shape index (κ2) is 7.40. The Balaban J connectivity index is 1.69. The molecule has 2 aromatic rings. The molecule has 0 bridgehead atoms. The maximum atomic E-state index is 13.4. The summed E-state index contributed by atoms with van der Waals surface area (Å²) in [5.41, 5.74) is -0.0679. The molecule has 11 heteroatoms. The highest BCUT2D eigenvalue weighted by molar-refractivity contribution is 6.03. The largest absolute Gasteiger partial charge is 0.416 e. The second-order valence-corrected chi connectivity index (χ2v) is 7.80. The number of likely N-dealkylation sites (tertiary alicyclic amines) is 1. The Kier molecular flexibility index (Phi) is 4.98. The third-order valence-electron chi connectivity index (χ3n) is 5.76. The summed E-state index contributed by atoms with van der Waals surface area (Å²) in [4.78, 5) is 36.2. The van der Waals surface area contributed by atoms with E-state index in [1.807, 2.05) is 0 Å². The van der Waals surface area contributed by atoms with Gasteiger partial charge < -0.3 is 10.2 Å². The summed E-state index contributed by atoms with van der Waals surface area (Å²) in [6, 6.07) is 2.56. The van der Waals surface area contributed by atoms with Crippen LogP contribution in [0.2, 0.25) is 0 Å². The molecule has 8 nitrogen and oxygen atoms in total. The number of anilines is 2. The first-order valence-corrected chi connectivity index (χ1v) is 9.68. The highest BCUT2D eigenvalue weighted by atomic mass is 19.4. The standard InChI is InChI=1S/C20H21F3N6O2/c1-12-8-26-16(9-25-12)27-18(31)29-11-19(5-6-28(10-19)17(30)24-2)14-7-13(20(21,22)23)3-4-15(14)29/h3-4,7-9H,5-6,10-11H2,1-2H3,(H,24,30)(H,26,27,31)/t19-/m1/s1. The molecular weight excluding hydrogens is 413 g/mol. The molecule has 1 atom stereocenters. The van der Waals surface area contributed by atoms with Crippen LogP contribution in [0.4, 0.5) is 34.3 Å². The van der Waals surface area contributed by atoms with Gasteiger partial charge >= 0.3 is 18.2 Å². The second-order valence-electron chi connectivity index (χ2n) is 7.80. The molecule has 4 rings (SSSR count). The van der Waals surface area contributed by atoms with Crippen LogP contribution in [0.1, 0.15) is 23.2 Å².